The van der Waals surface area contributed by atoms with E-state index in [0.29, 0.717) is 5.75 Å². The zero-order valence-electron chi connectivity index (χ0n) is 14.8. The van der Waals surface area contributed by atoms with E-state index in [1.807, 2.05) is 18.2 Å². The summed E-state index contributed by atoms with van der Waals surface area (Å²) < 4.78 is 6.38. The van der Waals surface area contributed by atoms with Crippen molar-refractivity contribution < 1.29 is 9.53 Å². The second kappa shape index (κ2) is 9.44. The van der Waals surface area contributed by atoms with Gasteiger partial charge in [-0.25, -0.2) is 0 Å². The van der Waals surface area contributed by atoms with Crippen LogP contribution in [0.3, 0.4) is 0 Å². The molecule has 138 valence electrons. The number of nitrogens with one attached hydrogen (secondary N) is 1. The van der Waals surface area contributed by atoms with E-state index in [-0.39, 0.29) is 5.91 Å². The molecule has 1 aliphatic heterocycles. The lowest BCUT2D eigenvalue weighted by Crippen LogP contribution is -2.36. The number of ether oxygens (including phenoxy) is 1. The highest BCUT2D eigenvalue weighted by Gasteiger charge is 2.16. The molecule has 6 heteroatoms. The summed E-state index contributed by atoms with van der Waals surface area (Å²) in [6, 6.07) is 14.4. The molecule has 1 fully saturated rings. The molecule has 2 aromatic carbocycles. The molecule has 0 atom stereocenters. The van der Waals surface area contributed by atoms with E-state index in [1.54, 1.807) is 11.8 Å². The summed E-state index contributed by atoms with van der Waals surface area (Å²) in [5.74, 6) is 1.29. The number of anilines is 2. The fourth-order valence-corrected chi connectivity index (χ4v) is 4.07. The Morgan fingerprint density at radius 1 is 1.23 bits per heavy atom. The SMILES string of the molecule is Cc1cccc(CSCC(=O)Nc2cc(Br)ccc2N2CCOCC2)c1. The van der Waals surface area contributed by atoms with E-state index < -0.39 is 0 Å². The Morgan fingerprint density at radius 3 is 2.81 bits per heavy atom. The third-order valence-electron chi connectivity index (χ3n) is 4.17. The van der Waals surface area contributed by atoms with Gasteiger partial charge >= 0.3 is 0 Å². The first-order chi connectivity index (χ1) is 12.6. The molecule has 0 aliphatic carbocycles. The second-order valence-corrected chi connectivity index (χ2v) is 8.19. The Labute approximate surface area is 167 Å². The number of benzene rings is 2. The first kappa shape index (κ1) is 19.3. The second-order valence-electron chi connectivity index (χ2n) is 6.29. The average Bonchev–Trinajstić information content (AvgIpc) is 2.63. The number of morpholine rings is 1. The molecular weight excluding hydrogens is 412 g/mol. The van der Waals surface area contributed by atoms with Crippen LogP contribution >= 0.6 is 27.7 Å². The molecule has 0 spiro atoms. The van der Waals surface area contributed by atoms with Crippen LogP contribution in [0.4, 0.5) is 11.4 Å². The van der Waals surface area contributed by atoms with Crippen molar-refractivity contribution in [1.82, 2.24) is 0 Å². The summed E-state index contributed by atoms with van der Waals surface area (Å²) in [6.07, 6.45) is 0. The van der Waals surface area contributed by atoms with E-state index in [1.165, 1.54) is 11.1 Å². The van der Waals surface area contributed by atoms with E-state index in [2.05, 4.69) is 57.3 Å². The van der Waals surface area contributed by atoms with Gasteiger partial charge in [0.25, 0.3) is 0 Å². The largest absolute Gasteiger partial charge is 0.378 e. The number of rotatable bonds is 6. The molecule has 0 unspecified atom stereocenters. The monoisotopic (exact) mass is 434 g/mol. The molecule has 1 N–H and O–H groups in total. The fraction of sp³-hybridized carbons (Fsp3) is 0.350. The highest BCUT2D eigenvalue weighted by Crippen LogP contribution is 2.30. The van der Waals surface area contributed by atoms with Gasteiger partial charge in [0, 0.05) is 23.3 Å². The number of thioether (sulfide) groups is 1. The number of carbonyl (C=O) groups excluding carboxylic acids is 1. The van der Waals surface area contributed by atoms with Crippen molar-refractivity contribution in [2.24, 2.45) is 0 Å². The topological polar surface area (TPSA) is 41.6 Å². The Morgan fingerprint density at radius 2 is 2.04 bits per heavy atom. The highest BCUT2D eigenvalue weighted by atomic mass is 79.9. The smallest absolute Gasteiger partial charge is 0.234 e. The molecule has 1 saturated heterocycles. The van der Waals surface area contributed by atoms with Crippen LogP contribution in [0.5, 0.6) is 0 Å². The predicted octanol–water partition coefficient (Wildman–Crippen LogP) is 4.47. The predicted molar refractivity (Wildman–Crippen MR) is 113 cm³/mol. The van der Waals surface area contributed by atoms with Gasteiger partial charge in [-0.2, -0.15) is 0 Å². The van der Waals surface area contributed by atoms with E-state index in [4.69, 9.17) is 4.74 Å². The number of aryl methyl sites for hydroxylation is 1. The number of nitrogens with zero attached hydrogens (tertiary/aromatic N) is 1. The lowest BCUT2D eigenvalue weighted by Gasteiger charge is -2.30. The average molecular weight is 435 g/mol. The highest BCUT2D eigenvalue weighted by molar-refractivity contribution is 9.10. The van der Waals surface area contributed by atoms with Gasteiger partial charge in [-0.15, -0.1) is 11.8 Å². The lowest BCUT2D eigenvalue weighted by atomic mass is 10.2. The summed E-state index contributed by atoms with van der Waals surface area (Å²) >= 11 is 5.13. The summed E-state index contributed by atoms with van der Waals surface area (Å²) in [7, 11) is 0. The summed E-state index contributed by atoms with van der Waals surface area (Å²) in [4.78, 5) is 14.7. The maximum absolute atomic E-state index is 12.4. The van der Waals surface area contributed by atoms with Crippen molar-refractivity contribution in [3.8, 4) is 0 Å². The molecule has 1 heterocycles. The summed E-state index contributed by atoms with van der Waals surface area (Å²) in [6.45, 7) is 5.20. The van der Waals surface area contributed by atoms with Gasteiger partial charge in [0.2, 0.25) is 5.91 Å². The molecule has 0 aromatic heterocycles. The Bertz CT molecular complexity index is 763. The van der Waals surface area contributed by atoms with Gasteiger partial charge in [0.05, 0.1) is 30.3 Å². The number of halogens is 1. The van der Waals surface area contributed by atoms with Crippen molar-refractivity contribution >= 4 is 45.0 Å². The maximum Gasteiger partial charge on any atom is 0.234 e. The first-order valence-corrected chi connectivity index (χ1v) is 10.6. The van der Waals surface area contributed by atoms with Crippen molar-refractivity contribution in [3.05, 3.63) is 58.1 Å². The molecule has 2 aromatic rings. The minimum Gasteiger partial charge on any atom is -0.378 e. The number of carbonyl (C=O) groups is 1. The van der Waals surface area contributed by atoms with E-state index >= 15 is 0 Å². The normalized spacial score (nSPS) is 14.3. The zero-order chi connectivity index (χ0) is 18.4. The van der Waals surface area contributed by atoms with E-state index in [9.17, 15) is 4.79 Å². The number of amides is 1. The van der Waals surface area contributed by atoms with Crippen LogP contribution in [0.15, 0.2) is 46.9 Å². The molecule has 1 amide bonds. The van der Waals surface area contributed by atoms with Crippen molar-refractivity contribution in [2.75, 3.05) is 42.3 Å². The molecule has 26 heavy (non-hydrogen) atoms. The molecule has 4 nitrogen and oxygen atoms in total. The quantitative estimate of drug-likeness (QED) is 0.727. The van der Waals surface area contributed by atoms with Crippen LogP contribution in [0.25, 0.3) is 0 Å². The summed E-state index contributed by atoms with van der Waals surface area (Å²) in [5.41, 5.74) is 4.40. The van der Waals surface area contributed by atoms with Crippen LogP contribution < -0.4 is 10.2 Å². The molecule has 1 aliphatic rings. The van der Waals surface area contributed by atoms with Gasteiger partial charge in [0.1, 0.15) is 0 Å². The molecule has 3 rings (SSSR count). The Balaban J connectivity index is 1.58. The van der Waals surface area contributed by atoms with Crippen molar-refractivity contribution in [3.63, 3.8) is 0 Å². The first-order valence-electron chi connectivity index (χ1n) is 8.67. The van der Waals surface area contributed by atoms with Crippen LogP contribution in [0.2, 0.25) is 0 Å². The van der Waals surface area contributed by atoms with Gasteiger partial charge in [-0.05, 0) is 30.7 Å². The van der Waals surface area contributed by atoms with Gasteiger partial charge in [-0.3, -0.25) is 4.79 Å². The van der Waals surface area contributed by atoms with Gasteiger partial charge in [0.15, 0.2) is 0 Å². The van der Waals surface area contributed by atoms with Crippen LogP contribution in [-0.4, -0.2) is 38.0 Å². The number of hydrogen-bond acceptors (Lipinski definition) is 4. The minimum absolute atomic E-state index is 0.0234. The maximum atomic E-state index is 12.4. The Hall–Kier alpha value is -1.50. The van der Waals surface area contributed by atoms with Crippen LogP contribution in [-0.2, 0) is 15.3 Å². The fourth-order valence-electron chi connectivity index (χ4n) is 2.94. The third kappa shape index (κ3) is 5.50. The lowest BCUT2D eigenvalue weighted by molar-refractivity contribution is -0.113. The zero-order valence-corrected chi connectivity index (χ0v) is 17.2. The molecule has 0 radical (unpaired) electrons. The van der Waals surface area contributed by atoms with Gasteiger partial charge < -0.3 is 15.0 Å². The molecule has 0 bridgehead atoms. The van der Waals surface area contributed by atoms with Crippen LogP contribution in [0.1, 0.15) is 11.1 Å². The standard InChI is InChI=1S/C20H23BrN2O2S/c1-15-3-2-4-16(11-15)13-26-14-20(24)22-18-12-17(21)5-6-19(18)23-7-9-25-10-8-23/h2-6,11-12H,7-10,13-14H2,1H3,(H,22,24). The number of hydrogen-bond donors (Lipinski definition) is 1. The van der Waals surface area contributed by atoms with Crippen LogP contribution in [0, 0.1) is 6.92 Å². The minimum atomic E-state index is 0.0234. The molecular formula is C20H23BrN2O2S. The molecule has 0 saturated carbocycles. The Kier molecular flexibility index (Phi) is 7.00. The van der Waals surface area contributed by atoms with Gasteiger partial charge in [-0.1, -0.05) is 45.8 Å². The van der Waals surface area contributed by atoms with Crippen molar-refractivity contribution in [2.45, 2.75) is 12.7 Å². The summed E-state index contributed by atoms with van der Waals surface area (Å²) in [5, 5.41) is 3.07. The van der Waals surface area contributed by atoms with Crippen molar-refractivity contribution in [1.29, 1.82) is 0 Å². The van der Waals surface area contributed by atoms with E-state index in [0.717, 1.165) is 47.9 Å². The third-order valence-corrected chi connectivity index (χ3v) is 5.67.